The van der Waals surface area contributed by atoms with Gasteiger partial charge in [-0.05, 0) is 36.8 Å². The number of anilines is 2. The van der Waals surface area contributed by atoms with Crippen molar-refractivity contribution in [2.24, 2.45) is 0 Å². The molecule has 0 aliphatic carbocycles. The van der Waals surface area contributed by atoms with Gasteiger partial charge in [-0.25, -0.2) is 4.39 Å². The average molecular weight is 368 g/mol. The maximum absolute atomic E-state index is 14.5. The van der Waals surface area contributed by atoms with Crippen molar-refractivity contribution in [2.45, 2.75) is 25.9 Å². The van der Waals surface area contributed by atoms with Gasteiger partial charge >= 0.3 is 0 Å². The van der Waals surface area contributed by atoms with E-state index in [4.69, 9.17) is 28.3 Å². The van der Waals surface area contributed by atoms with Gasteiger partial charge in [-0.2, -0.15) is 0 Å². The molecule has 0 bridgehead atoms. The minimum atomic E-state index is -1.15. The first-order chi connectivity index (χ1) is 12.0. The lowest BCUT2D eigenvalue weighted by molar-refractivity contribution is -0.0865. The number of methoxy groups -OCH3 is 1. The molecule has 2 rings (SSSR count). The van der Waals surface area contributed by atoms with Gasteiger partial charge in [0.05, 0.1) is 25.4 Å². The summed E-state index contributed by atoms with van der Waals surface area (Å²) in [6.07, 6.45) is 0.738. The lowest BCUT2D eigenvalue weighted by atomic mass is 10.2. The van der Waals surface area contributed by atoms with Crippen LogP contribution < -0.4 is 15.1 Å². The predicted octanol–water partition coefficient (Wildman–Crippen LogP) is 1.99. The van der Waals surface area contributed by atoms with Crippen molar-refractivity contribution in [1.82, 2.24) is 5.32 Å². The van der Waals surface area contributed by atoms with Crippen LogP contribution in [0.4, 0.5) is 15.8 Å². The number of thiocarbonyl (C=S) groups is 1. The van der Waals surface area contributed by atoms with E-state index in [1.54, 1.807) is 21.9 Å². The van der Waals surface area contributed by atoms with E-state index in [9.17, 15) is 9.50 Å². The molecule has 2 atom stereocenters. The van der Waals surface area contributed by atoms with Crippen LogP contribution in [-0.4, -0.2) is 49.5 Å². The fourth-order valence-electron chi connectivity index (χ4n) is 2.64. The molecule has 1 saturated heterocycles. The summed E-state index contributed by atoms with van der Waals surface area (Å²) in [4.78, 5) is 3.22. The Balaban J connectivity index is 2.07. The SMILES string of the molecule is [CH+]=CN(CCC)c1ccc(N2CC(CNC(=S)OC)OC2O)cc1F. The fraction of sp³-hybridized carbons (Fsp3) is 0.471. The molecule has 0 saturated carbocycles. The molecule has 136 valence electrons. The van der Waals surface area contributed by atoms with Crippen LogP contribution >= 0.6 is 12.2 Å². The Bertz CT molecular complexity index is 617. The zero-order chi connectivity index (χ0) is 18.4. The van der Waals surface area contributed by atoms with Gasteiger partial charge in [0.15, 0.2) is 0 Å². The van der Waals surface area contributed by atoms with Gasteiger partial charge in [-0.1, -0.05) is 6.92 Å². The van der Waals surface area contributed by atoms with Gasteiger partial charge in [0, 0.05) is 18.8 Å². The monoisotopic (exact) mass is 368 g/mol. The van der Waals surface area contributed by atoms with Crippen LogP contribution in [0.25, 0.3) is 0 Å². The maximum atomic E-state index is 14.5. The normalized spacial score (nSPS) is 19.6. The third kappa shape index (κ3) is 4.76. The molecule has 1 aliphatic rings. The third-order valence-electron chi connectivity index (χ3n) is 3.86. The van der Waals surface area contributed by atoms with Gasteiger partial charge in [0.2, 0.25) is 19.2 Å². The summed E-state index contributed by atoms with van der Waals surface area (Å²) in [5.74, 6) is -0.415. The Kier molecular flexibility index (Phi) is 6.90. The van der Waals surface area contributed by atoms with Gasteiger partial charge in [0.25, 0.3) is 5.17 Å². The molecule has 2 N–H and O–H groups in total. The summed E-state index contributed by atoms with van der Waals surface area (Å²) in [5.41, 5.74) is 0.922. The number of aliphatic hydroxyl groups is 1. The Morgan fingerprint density at radius 3 is 3.00 bits per heavy atom. The molecule has 8 heteroatoms. The second kappa shape index (κ2) is 8.92. The molecule has 0 aromatic heterocycles. The highest BCUT2D eigenvalue weighted by Gasteiger charge is 2.32. The van der Waals surface area contributed by atoms with E-state index in [2.05, 4.69) is 5.32 Å². The second-order valence-electron chi connectivity index (χ2n) is 5.59. The van der Waals surface area contributed by atoms with Gasteiger partial charge < -0.3 is 29.7 Å². The van der Waals surface area contributed by atoms with E-state index in [1.807, 2.05) is 6.92 Å². The first kappa shape index (κ1) is 19.3. The highest BCUT2D eigenvalue weighted by Crippen LogP contribution is 2.29. The predicted molar refractivity (Wildman–Crippen MR) is 98.7 cm³/mol. The molecule has 1 aromatic rings. The maximum Gasteiger partial charge on any atom is 0.256 e. The highest BCUT2D eigenvalue weighted by atomic mass is 32.1. The smallest absolute Gasteiger partial charge is 0.256 e. The van der Waals surface area contributed by atoms with Crippen molar-refractivity contribution in [3.63, 3.8) is 0 Å². The van der Waals surface area contributed by atoms with Crippen molar-refractivity contribution in [1.29, 1.82) is 0 Å². The summed E-state index contributed by atoms with van der Waals surface area (Å²) >= 11 is 4.90. The first-order valence-corrected chi connectivity index (χ1v) is 8.44. The van der Waals surface area contributed by atoms with Gasteiger partial charge in [-0.3, -0.25) is 0 Å². The van der Waals surface area contributed by atoms with Crippen molar-refractivity contribution in [3.8, 4) is 0 Å². The Labute approximate surface area is 152 Å². The van der Waals surface area contributed by atoms with E-state index >= 15 is 0 Å². The molecule has 1 heterocycles. The van der Waals surface area contributed by atoms with Crippen molar-refractivity contribution in [2.75, 3.05) is 36.5 Å². The largest absolute Gasteiger partial charge is 0.474 e. The summed E-state index contributed by atoms with van der Waals surface area (Å²) in [5, 5.41) is 13.2. The number of halogens is 1. The molecular weight excluding hydrogens is 345 g/mol. The Morgan fingerprint density at radius 1 is 1.64 bits per heavy atom. The quantitative estimate of drug-likeness (QED) is 0.564. The summed E-state index contributed by atoms with van der Waals surface area (Å²) in [6.45, 7) is 8.95. The lowest BCUT2D eigenvalue weighted by Crippen LogP contribution is -2.34. The first-order valence-electron chi connectivity index (χ1n) is 8.03. The van der Waals surface area contributed by atoms with E-state index in [1.165, 1.54) is 19.4 Å². The molecule has 25 heavy (non-hydrogen) atoms. The molecule has 6 nitrogen and oxygen atoms in total. The molecule has 1 aromatic carbocycles. The van der Waals surface area contributed by atoms with Gasteiger partial charge in [-0.15, -0.1) is 0 Å². The number of benzene rings is 1. The third-order valence-corrected chi connectivity index (χ3v) is 4.17. The standard InChI is InChI=1S/C17H22FN3O3S/c1-4-8-20(5-2)15-7-6-12(9-14(15)18)21-11-13(24-17(21)22)10-19-16(25)23-3/h2,5-7,9,13,17,22H,4,8,10-11H2,1,3H3/p+1. The van der Waals surface area contributed by atoms with E-state index in [0.717, 1.165) is 6.42 Å². The molecule has 1 aliphatic heterocycles. The summed E-state index contributed by atoms with van der Waals surface area (Å²) < 4.78 is 24.8. The fourth-order valence-corrected chi connectivity index (χ4v) is 2.72. The minimum Gasteiger partial charge on any atom is -0.474 e. The summed E-state index contributed by atoms with van der Waals surface area (Å²) in [7, 11) is 1.47. The lowest BCUT2D eigenvalue weighted by Gasteiger charge is -2.22. The highest BCUT2D eigenvalue weighted by molar-refractivity contribution is 7.80. The van der Waals surface area contributed by atoms with Crippen LogP contribution in [-0.2, 0) is 9.47 Å². The molecular formula is C17H23FN3O3S+. The molecule has 0 radical (unpaired) electrons. The van der Waals surface area contributed by atoms with Crippen LogP contribution in [0, 0.1) is 12.4 Å². The Hall–Kier alpha value is -1.99. The van der Waals surface area contributed by atoms with Crippen LogP contribution in [0.3, 0.4) is 0 Å². The average Bonchev–Trinajstić information content (AvgIpc) is 2.98. The molecule has 2 unspecified atom stereocenters. The van der Waals surface area contributed by atoms with Crippen LogP contribution in [0.5, 0.6) is 0 Å². The zero-order valence-corrected chi connectivity index (χ0v) is 15.1. The molecule has 0 amide bonds. The number of rotatable bonds is 7. The van der Waals surface area contributed by atoms with Crippen LogP contribution in [0.1, 0.15) is 13.3 Å². The number of ether oxygens (including phenoxy) is 2. The minimum absolute atomic E-state index is 0.251. The topological polar surface area (TPSA) is 57.2 Å². The zero-order valence-electron chi connectivity index (χ0n) is 14.3. The van der Waals surface area contributed by atoms with Gasteiger partial charge in [0.1, 0.15) is 5.82 Å². The number of nitrogens with one attached hydrogen (secondary N) is 1. The van der Waals surface area contributed by atoms with Crippen molar-refractivity contribution in [3.05, 3.63) is 36.8 Å². The van der Waals surface area contributed by atoms with E-state index in [-0.39, 0.29) is 11.3 Å². The number of nitrogens with zero attached hydrogens (tertiary/aromatic N) is 2. The van der Waals surface area contributed by atoms with E-state index in [0.29, 0.717) is 31.0 Å². The van der Waals surface area contributed by atoms with Crippen molar-refractivity contribution < 1.29 is 19.0 Å². The number of aliphatic hydroxyl groups excluding tert-OH is 1. The summed E-state index contributed by atoms with van der Waals surface area (Å²) in [6, 6.07) is 4.73. The van der Waals surface area contributed by atoms with Crippen LogP contribution in [0.2, 0.25) is 0 Å². The number of hydrogen-bond donors (Lipinski definition) is 2. The second-order valence-corrected chi connectivity index (χ2v) is 5.96. The molecule has 1 fully saturated rings. The van der Waals surface area contributed by atoms with Crippen LogP contribution in [0.15, 0.2) is 24.4 Å². The number of hydrogen-bond acceptors (Lipinski definition) is 6. The van der Waals surface area contributed by atoms with E-state index < -0.39 is 12.2 Å². The molecule has 0 spiro atoms. The van der Waals surface area contributed by atoms with Crippen molar-refractivity contribution >= 4 is 28.8 Å². The Morgan fingerprint density at radius 2 is 2.40 bits per heavy atom.